The number of nitrogens with one attached hydrogen (secondary N) is 1. The zero-order valence-electron chi connectivity index (χ0n) is 12.8. The van der Waals surface area contributed by atoms with Crippen LogP contribution in [0, 0.1) is 0 Å². The minimum absolute atomic E-state index is 0.0762. The van der Waals surface area contributed by atoms with Crippen LogP contribution in [0.3, 0.4) is 0 Å². The quantitative estimate of drug-likeness (QED) is 0.907. The molecule has 2 aromatic rings. The van der Waals surface area contributed by atoms with Crippen LogP contribution in [0.2, 0.25) is 0 Å². The van der Waals surface area contributed by atoms with Crippen molar-refractivity contribution in [1.82, 2.24) is 9.88 Å². The van der Waals surface area contributed by atoms with E-state index < -0.39 is 24.1 Å². The summed E-state index contributed by atoms with van der Waals surface area (Å²) in [5.74, 6) is -1.98. The number of hydrogen-bond acceptors (Lipinski definition) is 3. The first-order valence-corrected chi connectivity index (χ1v) is 6.98. The molecule has 1 aromatic heterocycles. The van der Waals surface area contributed by atoms with E-state index in [2.05, 4.69) is 0 Å². The van der Waals surface area contributed by atoms with E-state index in [-0.39, 0.29) is 18.1 Å². The second-order valence-corrected chi connectivity index (χ2v) is 5.06. The maximum Gasteiger partial charge on any atom is 0.471 e. The summed E-state index contributed by atoms with van der Waals surface area (Å²) in [5.41, 5.74) is 0.631. The molecule has 1 amide bonds. The van der Waals surface area contributed by atoms with Crippen molar-refractivity contribution in [3.8, 4) is 5.75 Å². The third-order valence-corrected chi connectivity index (χ3v) is 3.23. The fourth-order valence-corrected chi connectivity index (χ4v) is 1.94. The molecule has 5 nitrogen and oxygen atoms in total. The van der Waals surface area contributed by atoms with Gasteiger partial charge in [-0.1, -0.05) is 30.3 Å². The zero-order chi connectivity index (χ0) is 17.7. The molecule has 0 aliphatic carbocycles. The molecule has 0 atom stereocenters. The van der Waals surface area contributed by atoms with E-state index in [1.165, 1.54) is 10.8 Å². The molecule has 0 radical (unpaired) electrons. The Kier molecular flexibility index (Phi) is 5.28. The van der Waals surface area contributed by atoms with Crippen molar-refractivity contribution in [2.75, 3.05) is 0 Å². The largest absolute Gasteiger partial charge is 0.483 e. The average Bonchev–Trinajstić information content (AvgIpc) is 2.53. The zero-order valence-corrected chi connectivity index (χ0v) is 12.8. The number of halogens is 3. The number of alkyl halides is 3. The fourth-order valence-electron chi connectivity index (χ4n) is 1.94. The van der Waals surface area contributed by atoms with Gasteiger partial charge < -0.3 is 14.6 Å². The van der Waals surface area contributed by atoms with Crippen LogP contribution in [0.25, 0.3) is 0 Å². The normalized spacial score (nSPS) is 11.2. The van der Waals surface area contributed by atoms with Gasteiger partial charge in [0, 0.05) is 18.8 Å². The van der Waals surface area contributed by atoms with Crippen molar-refractivity contribution in [1.29, 1.82) is 0 Å². The summed E-state index contributed by atoms with van der Waals surface area (Å²) < 4.78 is 43.3. The lowest BCUT2D eigenvalue weighted by Gasteiger charge is -2.13. The van der Waals surface area contributed by atoms with Gasteiger partial charge in [-0.15, -0.1) is 0 Å². The molecule has 1 heterocycles. The van der Waals surface area contributed by atoms with Gasteiger partial charge in [0.2, 0.25) is 5.43 Å². The standard InChI is InChI=1S/C16H15F3N2O3/c1-21-9-14(24-10-11-5-3-2-4-6-11)13(22)7-12(21)8-20-15(23)16(17,18)19/h2-7,9H,8,10H2,1H3,(H,20,23). The van der Waals surface area contributed by atoms with Crippen molar-refractivity contribution in [3.05, 3.63) is 64.1 Å². The number of hydrogen-bond donors (Lipinski definition) is 1. The molecule has 8 heteroatoms. The number of aromatic nitrogens is 1. The highest BCUT2D eigenvalue weighted by molar-refractivity contribution is 5.81. The molecule has 0 unspecified atom stereocenters. The number of nitrogens with zero attached hydrogens (tertiary/aromatic N) is 1. The van der Waals surface area contributed by atoms with Crippen LogP contribution in [-0.4, -0.2) is 16.7 Å². The van der Waals surface area contributed by atoms with Crippen molar-refractivity contribution in [2.24, 2.45) is 7.05 Å². The molecule has 128 valence electrons. The van der Waals surface area contributed by atoms with Crippen LogP contribution >= 0.6 is 0 Å². The minimum atomic E-state index is -4.96. The molecule has 0 bridgehead atoms. The van der Waals surface area contributed by atoms with Crippen LogP contribution in [0.15, 0.2) is 47.4 Å². The first-order valence-electron chi connectivity index (χ1n) is 6.98. The van der Waals surface area contributed by atoms with Gasteiger partial charge in [0.1, 0.15) is 6.61 Å². The fraction of sp³-hybridized carbons (Fsp3) is 0.250. The summed E-state index contributed by atoms with van der Waals surface area (Å²) in [4.78, 5) is 22.8. The first kappa shape index (κ1) is 17.6. The molecule has 1 aromatic carbocycles. The lowest BCUT2D eigenvalue weighted by atomic mass is 10.2. The van der Waals surface area contributed by atoms with Gasteiger partial charge in [0.05, 0.1) is 12.7 Å². The first-order chi connectivity index (χ1) is 11.3. The van der Waals surface area contributed by atoms with Gasteiger partial charge in [-0.2, -0.15) is 13.2 Å². The van der Waals surface area contributed by atoms with Crippen LogP contribution in [-0.2, 0) is 25.0 Å². The van der Waals surface area contributed by atoms with E-state index in [4.69, 9.17) is 4.74 Å². The van der Waals surface area contributed by atoms with Crippen molar-refractivity contribution < 1.29 is 22.7 Å². The summed E-state index contributed by atoms with van der Waals surface area (Å²) in [5, 5.41) is 1.72. The van der Waals surface area contributed by atoms with E-state index >= 15 is 0 Å². The van der Waals surface area contributed by atoms with Crippen LogP contribution in [0.5, 0.6) is 5.75 Å². The minimum Gasteiger partial charge on any atom is -0.483 e. The second-order valence-electron chi connectivity index (χ2n) is 5.06. The summed E-state index contributed by atoms with van der Waals surface area (Å²) in [6.45, 7) is -0.219. The maximum absolute atomic E-state index is 12.2. The Morgan fingerprint density at radius 1 is 1.25 bits per heavy atom. The van der Waals surface area contributed by atoms with Gasteiger partial charge in [0.25, 0.3) is 0 Å². The van der Waals surface area contributed by atoms with Gasteiger partial charge in [-0.25, -0.2) is 0 Å². The van der Waals surface area contributed by atoms with Crippen LogP contribution < -0.4 is 15.5 Å². The summed E-state index contributed by atoms with van der Waals surface area (Å²) >= 11 is 0. The molecule has 0 saturated carbocycles. The number of carbonyl (C=O) groups is 1. The summed E-state index contributed by atoms with van der Waals surface area (Å²) in [6, 6.07) is 10.3. The number of benzene rings is 1. The molecule has 0 spiro atoms. The van der Waals surface area contributed by atoms with Gasteiger partial charge in [-0.05, 0) is 5.56 Å². The predicted octanol–water partition coefficient (Wildman–Crippen LogP) is 2.14. The van der Waals surface area contributed by atoms with Crippen molar-refractivity contribution in [3.63, 3.8) is 0 Å². The SMILES string of the molecule is Cn1cc(OCc2ccccc2)c(=O)cc1CNC(=O)C(F)(F)F. The summed E-state index contributed by atoms with van der Waals surface area (Å²) in [7, 11) is 1.55. The smallest absolute Gasteiger partial charge is 0.471 e. The third kappa shape index (κ3) is 4.61. The lowest BCUT2D eigenvalue weighted by molar-refractivity contribution is -0.173. The molecular weight excluding hydrogens is 325 g/mol. The molecule has 0 aliphatic rings. The molecule has 0 fully saturated rings. The van der Waals surface area contributed by atoms with Crippen LogP contribution in [0.1, 0.15) is 11.3 Å². The second kappa shape index (κ2) is 7.20. The average molecular weight is 340 g/mol. The Hall–Kier alpha value is -2.77. The van der Waals surface area contributed by atoms with Crippen LogP contribution in [0.4, 0.5) is 13.2 Å². The number of aryl methyl sites for hydroxylation is 1. The van der Waals surface area contributed by atoms with Crippen molar-refractivity contribution in [2.45, 2.75) is 19.3 Å². The van der Waals surface area contributed by atoms with E-state index in [1.54, 1.807) is 12.4 Å². The number of rotatable bonds is 5. The molecule has 2 rings (SSSR count). The van der Waals surface area contributed by atoms with Gasteiger partial charge >= 0.3 is 12.1 Å². The van der Waals surface area contributed by atoms with Gasteiger partial charge in [0.15, 0.2) is 5.75 Å². The van der Waals surface area contributed by atoms with E-state index in [9.17, 15) is 22.8 Å². The predicted molar refractivity (Wildman–Crippen MR) is 80.4 cm³/mol. The Morgan fingerprint density at radius 3 is 2.54 bits per heavy atom. The Labute approximate surface area is 135 Å². The molecule has 0 aliphatic heterocycles. The molecule has 0 saturated heterocycles. The van der Waals surface area contributed by atoms with E-state index in [1.807, 2.05) is 30.3 Å². The summed E-state index contributed by atoms with van der Waals surface area (Å²) in [6.07, 6.45) is -3.59. The lowest BCUT2D eigenvalue weighted by Crippen LogP contribution is -2.37. The van der Waals surface area contributed by atoms with E-state index in [0.29, 0.717) is 0 Å². The number of ether oxygens (including phenoxy) is 1. The van der Waals surface area contributed by atoms with E-state index in [0.717, 1.165) is 11.6 Å². The Bertz CT molecular complexity index is 770. The highest BCUT2D eigenvalue weighted by atomic mass is 19.4. The molecular formula is C16H15F3N2O3. The monoisotopic (exact) mass is 340 g/mol. The molecule has 24 heavy (non-hydrogen) atoms. The highest BCUT2D eigenvalue weighted by Gasteiger charge is 2.38. The topological polar surface area (TPSA) is 60.3 Å². The highest BCUT2D eigenvalue weighted by Crippen LogP contribution is 2.15. The van der Waals surface area contributed by atoms with Crippen molar-refractivity contribution >= 4 is 5.91 Å². The third-order valence-electron chi connectivity index (χ3n) is 3.23. The Balaban J connectivity index is 2.05. The Morgan fingerprint density at radius 2 is 1.92 bits per heavy atom. The van der Waals surface area contributed by atoms with Gasteiger partial charge in [-0.3, -0.25) is 9.59 Å². The number of amides is 1. The molecule has 1 N–H and O–H groups in total. The number of carbonyl (C=O) groups excluding carboxylic acids is 1. The number of pyridine rings is 1. The maximum atomic E-state index is 12.2.